The Hall–Kier alpha value is -1.75. The minimum Gasteiger partial charge on any atom is -0.330 e. The monoisotopic (exact) mass is 259 g/mol. The molecule has 0 aliphatic rings. The summed E-state index contributed by atoms with van der Waals surface area (Å²) in [5.74, 6) is 1.52. The summed E-state index contributed by atoms with van der Waals surface area (Å²) >= 11 is 0. The van der Waals surface area contributed by atoms with Crippen molar-refractivity contribution in [3.8, 4) is 0 Å². The number of hydrogen-bond acceptors (Lipinski definition) is 4. The Morgan fingerprint density at radius 1 is 1.16 bits per heavy atom. The van der Waals surface area contributed by atoms with Crippen LogP contribution in [0.15, 0.2) is 24.3 Å². The van der Waals surface area contributed by atoms with Crippen molar-refractivity contribution in [2.75, 3.05) is 6.54 Å². The third-order valence-corrected chi connectivity index (χ3v) is 2.97. The molecule has 5 nitrogen and oxygen atoms in total. The summed E-state index contributed by atoms with van der Waals surface area (Å²) in [6.07, 6.45) is 1.82. The van der Waals surface area contributed by atoms with Gasteiger partial charge < -0.3 is 5.73 Å². The number of nitrogens with zero attached hydrogens (tertiary/aromatic N) is 4. The smallest absolute Gasteiger partial charge is 0.152 e. The van der Waals surface area contributed by atoms with E-state index < -0.39 is 0 Å². The second kappa shape index (κ2) is 6.43. The van der Waals surface area contributed by atoms with Crippen LogP contribution in [0.25, 0.3) is 0 Å². The van der Waals surface area contributed by atoms with Crippen LogP contribution in [0.2, 0.25) is 0 Å². The first-order valence-electron chi connectivity index (χ1n) is 6.72. The standard InChI is InChI=1S/C14H21N5/c1-11(2)9-12-3-5-13(6-4-12)10-19-14(7-8-15)16-17-18-19/h3-6,11H,7-10,15H2,1-2H3. The Labute approximate surface area is 113 Å². The molecular weight excluding hydrogens is 238 g/mol. The molecule has 0 aliphatic heterocycles. The fraction of sp³-hybridized carbons (Fsp3) is 0.500. The van der Waals surface area contributed by atoms with Gasteiger partial charge in [0.2, 0.25) is 0 Å². The lowest BCUT2D eigenvalue weighted by Gasteiger charge is -2.07. The summed E-state index contributed by atoms with van der Waals surface area (Å²) < 4.78 is 1.81. The molecule has 2 rings (SSSR count). The highest BCUT2D eigenvalue weighted by Gasteiger charge is 2.06. The van der Waals surface area contributed by atoms with Gasteiger partial charge in [-0.1, -0.05) is 38.1 Å². The van der Waals surface area contributed by atoms with Gasteiger partial charge in [0, 0.05) is 6.42 Å². The SMILES string of the molecule is CC(C)Cc1ccc(Cn2nnnc2CCN)cc1. The maximum atomic E-state index is 5.54. The van der Waals surface area contributed by atoms with E-state index in [4.69, 9.17) is 5.73 Å². The van der Waals surface area contributed by atoms with Crippen LogP contribution in [0.3, 0.4) is 0 Å². The van der Waals surface area contributed by atoms with Crippen LogP contribution in [-0.2, 0) is 19.4 Å². The first-order chi connectivity index (χ1) is 9.19. The van der Waals surface area contributed by atoms with Gasteiger partial charge in [0.1, 0.15) is 0 Å². The molecule has 0 radical (unpaired) electrons. The molecule has 0 bridgehead atoms. The fourth-order valence-corrected chi connectivity index (χ4v) is 2.08. The second-order valence-electron chi connectivity index (χ2n) is 5.21. The Kier molecular flexibility index (Phi) is 4.63. The molecule has 0 aliphatic carbocycles. The zero-order valence-electron chi connectivity index (χ0n) is 11.6. The Bertz CT molecular complexity index is 501. The van der Waals surface area contributed by atoms with Gasteiger partial charge in [-0.2, -0.15) is 0 Å². The molecule has 1 aromatic heterocycles. The van der Waals surface area contributed by atoms with Crippen molar-refractivity contribution >= 4 is 0 Å². The van der Waals surface area contributed by atoms with Gasteiger partial charge in [0.25, 0.3) is 0 Å². The molecule has 1 heterocycles. The van der Waals surface area contributed by atoms with E-state index in [1.165, 1.54) is 11.1 Å². The molecule has 5 heteroatoms. The van der Waals surface area contributed by atoms with E-state index in [1.54, 1.807) is 0 Å². The number of aromatic nitrogens is 4. The number of tetrazole rings is 1. The zero-order chi connectivity index (χ0) is 13.7. The molecule has 19 heavy (non-hydrogen) atoms. The van der Waals surface area contributed by atoms with Crippen molar-refractivity contribution in [1.82, 2.24) is 20.2 Å². The van der Waals surface area contributed by atoms with E-state index in [2.05, 4.69) is 53.6 Å². The van der Waals surface area contributed by atoms with Crippen LogP contribution in [0, 0.1) is 5.92 Å². The predicted molar refractivity (Wildman–Crippen MR) is 74.7 cm³/mol. The summed E-state index contributed by atoms with van der Waals surface area (Å²) in [6, 6.07) is 8.65. The number of hydrogen-bond donors (Lipinski definition) is 1. The fourth-order valence-electron chi connectivity index (χ4n) is 2.08. The Balaban J connectivity index is 2.04. The molecule has 0 spiro atoms. The molecule has 102 valence electrons. The van der Waals surface area contributed by atoms with E-state index in [9.17, 15) is 0 Å². The van der Waals surface area contributed by atoms with Crippen molar-refractivity contribution in [1.29, 1.82) is 0 Å². The molecular formula is C14H21N5. The first-order valence-corrected chi connectivity index (χ1v) is 6.72. The molecule has 0 saturated heterocycles. The van der Waals surface area contributed by atoms with Crippen LogP contribution >= 0.6 is 0 Å². The van der Waals surface area contributed by atoms with Gasteiger partial charge in [0.15, 0.2) is 5.82 Å². The van der Waals surface area contributed by atoms with Gasteiger partial charge in [-0.25, -0.2) is 4.68 Å². The van der Waals surface area contributed by atoms with Crippen molar-refractivity contribution in [3.05, 3.63) is 41.2 Å². The molecule has 2 aromatic rings. The number of nitrogens with two attached hydrogens (primary N) is 1. The summed E-state index contributed by atoms with van der Waals surface area (Å²) in [4.78, 5) is 0. The van der Waals surface area contributed by atoms with Gasteiger partial charge in [0.05, 0.1) is 6.54 Å². The summed E-state index contributed by atoms with van der Waals surface area (Å²) in [5.41, 5.74) is 8.12. The van der Waals surface area contributed by atoms with Crippen molar-refractivity contribution in [2.24, 2.45) is 11.7 Å². The third-order valence-electron chi connectivity index (χ3n) is 2.97. The highest BCUT2D eigenvalue weighted by atomic mass is 15.5. The summed E-state index contributed by atoms with van der Waals surface area (Å²) in [5, 5.41) is 11.7. The lowest BCUT2D eigenvalue weighted by Crippen LogP contribution is -2.12. The maximum Gasteiger partial charge on any atom is 0.152 e. The van der Waals surface area contributed by atoms with Crippen LogP contribution in [0.4, 0.5) is 0 Å². The van der Waals surface area contributed by atoms with Crippen LogP contribution in [0.5, 0.6) is 0 Å². The average Bonchev–Trinajstić information content (AvgIpc) is 2.79. The molecule has 0 unspecified atom stereocenters. The van der Waals surface area contributed by atoms with E-state index in [1.807, 2.05) is 4.68 Å². The molecule has 0 atom stereocenters. The van der Waals surface area contributed by atoms with Crippen molar-refractivity contribution < 1.29 is 0 Å². The topological polar surface area (TPSA) is 69.6 Å². The lowest BCUT2D eigenvalue weighted by molar-refractivity contribution is 0.616. The van der Waals surface area contributed by atoms with Gasteiger partial charge >= 0.3 is 0 Å². The molecule has 0 amide bonds. The summed E-state index contributed by atoms with van der Waals surface area (Å²) in [7, 11) is 0. The van der Waals surface area contributed by atoms with E-state index >= 15 is 0 Å². The minimum atomic E-state index is 0.563. The second-order valence-corrected chi connectivity index (χ2v) is 5.21. The molecule has 2 N–H and O–H groups in total. The van der Waals surface area contributed by atoms with Gasteiger partial charge in [-0.05, 0) is 40.4 Å². The largest absolute Gasteiger partial charge is 0.330 e. The van der Waals surface area contributed by atoms with Crippen molar-refractivity contribution in [3.63, 3.8) is 0 Å². The molecule has 0 fully saturated rings. The number of benzene rings is 1. The zero-order valence-corrected chi connectivity index (χ0v) is 11.6. The van der Waals surface area contributed by atoms with Crippen LogP contribution in [0.1, 0.15) is 30.8 Å². The van der Waals surface area contributed by atoms with E-state index in [0.29, 0.717) is 25.4 Å². The number of rotatable bonds is 6. The predicted octanol–water partition coefficient (Wildman–Crippen LogP) is 1.42. The lowest BCUT2D eigenvalue weighted by atomic mass is 10.0. The average molecular weight is 259 g/mol. The Morgan fingerprint density at radius 2 is 1.84 bits per heavy atom. The van der Waals surface area contributed by atoms with Crippen LogP contribution < -0.4 is 5.73 Å². The third kappa shape index (κ3) is 3.86. The van der Waals surface area contributed by atoms with Gasteiger partial charge in [-0.3, -0.25) is 0 Å². The highest BCUT2D eigenvalue weighted by Crippen LogP contribution is 2.11. The van der Waals surface area contributed by atoms with E-state index in [-0.39, 0.29) is 0 Å². The van der Waals surface area contributed by atoms with Crippen molar-refractivity contribution in [2.45, 2.75) is 33.2 Å². The van der Waals surface area contributed by atoms with Crippen LogP contribution in [-0.4, -0.2) is 26.8 Å². The van der Waals surface area contributed by atoms with E-state index in [0.717, 1.165) is 12.2 Å². The quantitative estimate of drug-likeness (QED) is 0.851. The normalized spacial score (nSPS) is 11.2. The van der Waals surface area contributed by atoms with Gasteiger partial charge in [-0.15, -0.1) is 5.10 Å². The molecule has 0 saturated carbocycles. The first kappa shape index (κ1) is 13.7. The molecule has 1 aromatic carbocycles. The maximum absolute atomic E-state index is 5.54. The Morgan fingerprint density at radius 3 is 2.47 bits per heavy atom. The highest BCUT2D eigenvalue weighted by molar-refractivity contribution is 5.23. The summed E-state index contributed by atoms with van der Waals surface area (Å²) in [6.45, 7) is 5.72. The minimum absolute atomic E-state index is 0.563.